The van der Waals surface area contributed by atoms with Crippen molar-refractivity contribution in [2.24, 2.45) is 17.6 Å². The largest absolute Gasteiger partial charge is 0.469 e. The number of methoxy groups -OCH3 is 1. The molecule has 0 heterocycles. The van der Waals surface area contributed by atoms with Crippen molar-refractivity contribution < 1.29 is 23.5 Å². The first-order chi connectivity index (χ1) is 13.4. The Hall–Kier alpha value is -0.923. The third-order valence-electron chi connectivity index (χ3n) is 6.74. The fraction of sp³-hybridized carbons (Fsp3) is 0.909. The van der Waals surface area contributed by atoms with Crippen LogP contribution in [0.25, 0.3) is 0 Å². The van der Waals surface area contributed by atoms with E-state index in [9.17, 15) is 9.59 Å². The maximum Gasteiger partial charge on any atom is 0.305 e. The van der Waals surface area contributed by atoms with E-state index < -0.39 is 8.32 Å². The first-order valence-electron chi connectivity index (χ1n) is 11.0. The van der Waals surface area contributed by atoms with Crippen molar-refractivity contribution in [2.75, 3.05) is 13.7 Å². The van der Waals surface area contributed by atoms with E-state index in [4.69, 9.17) is 14.9 Å². The van der Waals surface area contributed by atoms with Crippen molar-refractivity contribution in [3.05, 3.63) is 0 Å². The molecule has 4 atom stereocenters. The summed E-state index contributed by atoms with van der Waals surface area (Å²) in [6, 6.07) is -0.00607. The molecule has 6 nitrogen and oxygen atoms in total. The summed E-state index contributed by atoms with van der Waals surface area (Å²) in [4.78, 5) is 22.8. The van der Waals surface area contributed by atoms with Crippen LogP contribution in [0.4, 0.5) is 0 Å². The van der Waals surface area contributed by atoms with Crippen molar-refractivity contribution in [2.45, 2.75) is 103 Å². The molecule has 0 aliphatic heterocycles. The molecular formula is C22H43NO5Si. The van der Waals surface area contributed by atoms with Gasteiger partial charge >= 0.3 is 11.9 Å². The lowest BCUT2D eigenvalue weighted by atomic mass is 9.88. The van der Waals surface area contributed by atoms with E-state index in [0.717, 1.165) is 32.1 Å². The maximum atomic E-state index is 11.6. The average molecular weight is 430 g/mol. The average Bonchev–Trinajstić information content (AvgIpc) is 2.88. The summed E-state index contributed by atoms with van der Waals surface area (Å²) in [6.07, 6.45) is 5.96. The fourth-order valence-corrected chi connectivity index (χ4v) is 4.88. The Balaban J connectivity index is 2.64. The number of carbonyl (C=O) groups excluding carboxylic acids is 2. The predicted molar refractivity (Wildman–Crippen MR) is 118 cm³/mol. The molecule has 1 aliphatic rings. The molecule has 0 saturated heterocycles. The van der Waals surface area contributed by atoms with Gasteiger partial charge in [0.15, 0.2) is 8.32 Å². The van der Waals surface area contributed by atoms with Crippen LogP contribution in [0.3, 0.4) is 0 Å². The van der Waals surface area contributed by atoms with Crippen LogP contribution in [0.5, 0.6) is 0 Å². The van der Waals surface area contributed by atoms with Gasteiger partial charge in [0.25, 0.3) is 0 Å². The highest BCUT2D eigenvalue weighted by molar-refractivity contribution is 6.74. The smallest absolute Gasteiger partial charge is 0.305 e. The Morgan fingerprint density at radius 2 is 1.69 bits per heavy atom. The molecule has 1 saturated carbocycles. The number of hydrogen-bond acceptors (Lipinski definition) is 6. The van der Waals surface area contributed by atoms with E-state index in [-0.39, 0.29) is 41.0 Å². The van der Waals surface area contributed by atoms with Gasteiger partial charge in [-0.25, -0.2) is 0 Å². The predicted octanol–water partition coefficient (Wildman–Crippen LogP) is 4.42. The van der Waals surface area contributed by atoms with Crippen LogP contribution in [-0.4, -0.2) is 46.1 Å². The van der Waals surface area contributed by atoms with Crippen LogP contribution in [0.2, 0.25) is 18.1 Å². The molecular weight excluding hydrogens is 386 g/mol. The molecule has 1 fully saturated rings. The Morgan fingerprint density at radius 3 is 2.24 bits per heavy atom. The molecule has 0 aromatic carbocycles. The Kier molecular flexibility index (Phi) is 10.3. The van der Waals surface area contributed by atoms with E-state index in [0.29, 0.717) is 19.4 Å². The molecule has 0 spiro atoms. The second-order valence-corrected chi connectivity index (χ2v) is 14.8. The van der Waals surface area contributed by atoms with Crippen LogP contribution in [0, 0.1) is 11.8 Å². The fourth-order valence-electron chi connectivity index (χ4n) is 3.83. The number of ether oxygens (including phenoxy) is 2. The number of hydrogen-bond donors (Lipinski definition) is 1. The highest BCUT2D eigenvalue weighted by Gasteiger charge is 2.45. The quantitative estimate of drug-likeness (QED) is 0.297. The highest BCUT2D eigenvalue weighted by atomic mass is 28.4. The van der Waals surface area contributed by atoms with Gasteiger partial charge in [-0.3, -0.25) is 9.59 Å². The summed E-state index contributed by atoms with van der Waals surface area (Å²) in [7, 11) is -0.433. The van der Waals surface area contributed by atoms with Gasteiger partial charge in [-0.05, 0) is 31.0 Å². The van der Waals surface area contributed by atoms with Gasteiger partial charge < -0.3 is 19.6 Å². The SMILES string of the molecule is COC(=O)CCCCCC[C@@H]1[C@@H](CO[Si](C)(C)C(C)(C)C)[C@H](N)C[C@@H]1OC(C)=O. The van der Waals surface area contributed by atoms with Crippen molar-refractivity contribution in [1.29, 1.82) is 0 Å². The van der Waals surface area contributed by atoms with Crippen LogP contribution in [0.1, 0.15) is 72.6 Å². The van der Waals surface area contributed by atoms with Crippen LogP contribution < -0.4 is 5.73 Å². The van der Waals surface area contributed by atoms with E-state index in [1.807, 2.05) is 0 Å². The molecule has 1 aliphatic carbocycles. The summed E-state index contributed by atoms with van der Waals surface area (Å²) in [5, 5.41) is 0.153. The summed E-state index contributed by atoms with van der Waals surface area (Å²) >= 11 is 0. The van der Waals surface area contributed by atoms with Crippen LogP contribution in [-0.2, 0) is 23.5 Å². The van der Waals surface area contributed by atoms with Crippen LogP contribution >= 0.6 is 0 Å². The Morgan fingerprint density at radius 1 is 1.07 bits per heavy atom. The Bertz CT molecular complexity index is 532. The first kappa shape index (κ1) is 26.1. The molecule has 1 rings (SSSR count). The van der Waals surface area contributed by atoms with Gasteiger partial charge in [-0.15, -0.1) is 0 Å². The first-order valence-corrected chi connectivity index (χ1v) is 13.9. The lowest BCUT2D eigenvalue weighted by Gasteiger charge is -2.38. The normalized spacial score (nSPS) is 25.1. The minimum absolute atomic E-state index is 0.00607. The van der Waals surface area contributed by atoms with E-state index >= 15 is 0 Å². The minimum atomic E-state index is -1.86. The summed E-state index contributed by atoms with van der Waals surface area (Å²) in [5.74, 6) is 0.0589. The second-order valence-electron chi connectivity index (χ2n) is 9.98. The van der Waals surface area contributed by atoms with Crippen molar-refractivity contribution >= 4 is 20.3 Å². The Labute approximate surface area is 178 Å². The topological polar surface area (TPSA) is 87.8 Å². The molecule has 170 valence electrons. The molecule has 0 unspecified atom stereocenters. The molecule has 29 heavy (non-hydrogen) atoms. The molecule has 0 aromatic heterocycles. The van der Waals surface area contributed by atoms with E-state index in [1.165, 1.54) is 14.0 Å². The number of nitrogens with two attached hydrogens (primary N) is 1. The molecule has 2 N–H and O–H groups in total. The standard InChI is InChI=1S/C22H43NO5Si/c1-16(24)28-20-14-19(23)18(15-27-29(6,7)22(2,3)4)17(20)12-10-8-9-11-13-21(25)26-5/h17-20H,8-15,23H2,1-7H3/t17-,18-,19-,20+/m1/s1. The van der Waals surface area contributed by atoms with Gasteiger partial charge in [0.2, 0.25) is 0 Å². The number of unbranched alkanes of at least 4 members (excludes halogenated alkanes) is 3. The number of carbonyl (C=O) groups is 2. The van der Waals surface area contributed by atoms with Gasteiger partial charge in [-0.1, -0.05) is 40.0 Å². The molecule has 0 radical (unpaired) electrons. The van der Waals surface area contributed by atoms with Gasteiger partial charge in [0.1, 0.15) is 6.10 Å². The van der Waals surface area contributed by atoms with E-state index in [1.54, 1.807) is 0 Å². The lowest BCUT2D eigenvalue weighted by Crippen LogP contribution is -2.44. The maximum absolute atomic E-state index is 11.6. The van der Waals surface area contributed by atoms with Gasteiger partial charge in [0.05, 0.1) is 7.11 Å². The highest BCUT2D eigenvalue weighted by Crippen LogP contribution is 2.41. The molecule has 0 bridgehead atoms. The number of rotatable bonds is 11. The zero-order valence-electron chi connectivity index (χ0n) is 19.6. The molecule has 0 amide bonds. The van der Waals surface area contributed by atoms with Gasteiger partial charge in [-0.2, -0.15) is 0 Å². The third kappa shape index (κ3) is 8.38. The van der Waals surface area contributed by atoms with Gasteiger partial charge in [0, 0.05) is 44.2 Å². The molecule has 0 aromatic rings. The lowest BCUT2D eigenvalue weighted by molar-refractivity contribution is -0.148. The van der Waals surface area contributed by atoms with Crippen molar-refractivity contribution in [3.8, 4) is 0 Å². The summed E-state index contributed by atoms with van der Waals surface area (Å²) in [5.41, 5.74) is 6.47. The molecule has 7 heteroatoms. The van der Waals surface area contributed by atoms with Crippen molar-refractivity contribution in [1.82, 2.24) is 0 Å². The second kappa shape index (κ2) is 11.5. The van der Waals surface area contributed by atoms with E-state index in [2.05, 4.69) is 38.6 Å². The third-order valence-corrected chi connectivity index (χ3v) is 11.2. The zero-order valence-corrected chi connectivity index (χ0v) is 20.6. The summed E-state index contributed by atoms with van der Waals surface area (Å²) < 4.78 is 16.8. The number of esters is 2. The summed E-state index contributed by atoms with van der Waals surface area (Å²) in [6.45, 7) is 13.3. The van der Waals surface area contributed by atoms with Crippen LogP contribution in [0.15, 0.2) is 0 Å². The minimum Gasteiger partial charge on any atom is -0.469 e. The zero-order chi connectivity index (χ0) is 22.2. The van der Waals surface area contributed by atoms with Crippen molar-refractivity contribution in [3.63, 3.8) is 0 Å². The monoisotopic (exact) mass is 429 g/mol.